The fraction of sp³-hybridized carbons (Fsp3) is 0.894. The van der Waals surface area contributed by atoms with Gasteiger partial charge in [0, 0.05) is 41.6 Å². The monoisotopic (exact) mass is 834 g/mol. The third-order valence-corrected chi connectivity index (χ3v) is 17.6. The van der Waals surface area contributed by atoms with E-state index < -0.39 is 28.9 Å². The lowest BCUT2D eigenvalue weighted by molar-refractivity contribution is -0.131. The number of carboxylic acid groups (broad SMARTS) is 1. The van der Waals surface area contributed by atoms with Crippen LogP contribution < -0.4 is 10.6 Å². The number of fused-ring (bicyclic) bond motifs is 5. The molecule has 0 aliphatic heterocycles. The maximum Gasteiger partial charge on any atom is 0.408 e. The number of carbonyl (C=O) groups excluding carboxylic acids is 2. The predicted octanol–water partition coefficient (Wildman–Crippen LogP) is 12.5. The average molecular weight is 834 g/mol. The van der Waals surface area contributed by atoms with Gasteiger partial charge in [-0.25, -0.2) is 9.59 Å². The fourth-order valence-electron chi connectivity index (χ4n) is 11.6. The fourth-order valence-corrected chi connectivity index (χ4v) is 14.3. The van der Waals surface area contributed by atoms with Gasteiger partial charge in [0.05, 0.1) is 0 Å². The third kappa shape index (κ3) is 13.5. The second-order valence-electron chi connectivity index (χ2n) is 21.9. The smallest absolute Gasteiger partial charge is 0.408 e. The van der Waals surface area contributed by atoms with Crippen LogP contribution in [0, 0.1) is 46.3 Å². The van der Waals surface area contributed by atoms with Crippen LogP contribution in [0.3, 0.4) is 0 Å². The zero-order chi connectivity index (χ0) is 42.4. The van der Waals surface area contributed by atoms with E-state index in [0.717, 1.165) is 41.3 Å². The number of allylic oxidation sites excluding steroid dienone is 2. The van der Waals surface area contributed by atoms with E-state index in [-0.39, 0.29) is 5.91 Å². The van der Waals surface area contributed by atoms with Crippen molar-refractivity contribution >= 4 is 39.7 Å². The van der Waals surface area contributed by atoms with Crippen molar-refractivity contribution in [1.82, 2.24) is 15.5 Å². The van der Waals surface area contributed by atoms with Gasteiger partial charge in [0.1, 0.15) is 5.60 Å². The molecule has 10 heteroatoms. The third-order valence-electron chi connectivity index (χ3n) is 14.7. The Morgan fingerprint density at radius 1 is 0.895 bits per heavy atom. The van der Waals surface area contributed by atoms with E-state index in [1.54, 1.807) is 5.57 Å². The molecule has 3 N–H and O–H groups in total. The van der Waals surface area contributed by atoms with Crippen LogP contribution in [0.2, 0.25) is 0 Å². The molecule has 3 saturated carbocycles. The second-order valence-corrected chi connectivity index (χ2v) is 24.7. The molecule has 0 saturated heterocycles. The lowest BCUT2D eigenvalue weighted by Crippen LogP contribution is -2.50. The first-order valence-electron chi connectivity index (χ1n) is 22.7. The van der Waals surface area contributed by atoms with Crippen LogP contribution >= 0.6 is 21.6 Å². The maximum atomic E-state index is 13.7. The van der Waals surface area contributed by atoms with Gasteiger partial charge in [-0.3, -0.25) is 4.79 Å². The van der Waals surface area contributed by atoms with E-state index in [4.69, 9.17) is 4.74 Å². The molecule has 0 aromatic carbocycles. The molecular formula is C47H83N3O5S2. The molecule has 3 amide bonds. The number of amides is 3. The van der Waals surface area contributed by atoms with Gasteiger partial charge < -0.3 is 25.4 Å². The predicted molar refractivity (Wildman–Crippen MR) is 241 cm³/mol. The topological polar surface area (TPSA) is 108 Å². The highest BCUT2D eigenvalue weighted by molar-refractivity contribution is 8.76. The number of carbonyl (C=O) groups is 3. The van der Waals surface area contributed by atoms with Crippen LogP contribution in [0.1, 0.15) is 179 Å². The summed E-state index contributed by atoms with van der Waals surface area (Å²) >= 11 is 0. The molecule has 4 aliphatic carbocycles. The van der Waals surface area contributed by atoms with Crippen LogP contribution in [-0.4, -0.2) is 68.9 Å². The molecule has 4 rings (SSSR count). The molecule has 8 atom stereocenters. The molecule has 0 spiro atoms. The number of alkyl carbamates (subject to hydrolysis) is 1. The molecule has 0 heterocycles. The Hall–Kier alpha value is -1.55. The average Bonchev–Trinajstić information content (AvgIpc) is 3.43. The molecule has 8 nitrogen and oxygen atoms in total. The summed E-state index contributed by atoms with van der Waals surface area (Å²) < 4.78 is 5.46. The number of hydrogen-bond donors (Lipinski definition) is 3. The Labute approximate surface area is 356 Å². The summed E-state index contributed by atoms with van der Waals surface area (Å²) in [5.41, 5.74) is 0.881. The van der Waals surface area contributed by atoms with Crippen molar-refractivity contribution in [2.24, 2.45) is 46.3 Å². The van der Waals surface area contributed by atoms with Crippen LogP contribution in [0.25, 0.3) is 0 Å². The lowest BCUT2D eigenvalue weighted by Gasteiger charge is -2.58. The van der Waals surface area contributed by atoms with E-state index in [1.165, 1.54) is 70.6 Å². The Morgan fingerprint density at radius 3 is 2.26 bits per heavy atom. The Morgan fingerprint density at radius 2 is 1.60 bits per heavy atom. The standard InChI is InChI=1S/C47H83N3O5S2/c1-32(2)15-13-16-33(3)37-19-20-38-36-18-17-34-31-35(21-25-46(34,11)39(36)22-26-47(37,38)12)57-56-30-23-40(51)50(29-27-45(9,10)48-41(52)53)28-14-24-44(7,8)49-42(54)55-43(4,5)6/h17,32-33,35-39,48H,13-16,18-31H2,1-12H3,(H,49,54)(H,52,53)/t33-,35+,36+,37-,38+,39+,46+,47-/m1/s1. The normalized spacial score (nSPS) is 29.4. The number of rotatable bonds is 19. The molecule has 3 fully saturated rings. The van der Waals surface area contributed by atoms with Crippen LogP contribution in [0.15, 0.2) is 11.6 Å². The van der Waals surface area contributed by atoms with E-state index in [1.807, 2.05) is 75.0 Å². The zero-order valence-corrected chi connectivity index (χ0v) is 39.8. The van der Waals surface area contributed by atoms with Crippen molar-refractivity contribution in [3.8, 4) is 0 Å². The summed E-state index contributed by atoms with van der Waals surface area (Å²) in [6, 6.07) is 0. The van der Waals surface area contributed by atoms with Crippen molar-refractivity contribution in [2.75, 3.05) is 18.8 Å². The quantitative estimate of drug-likeness (QED) is 0.0676. The minimum absolute atomic E-state index is 0.104. The van der Waals surface area contributed by atoms with Gasteiger partial charge in [0.2, 0.25) is 5.91 Å². The van der Waals surface area contributed by atoms with Crippen molar-refractivity contribution in [1.29, 1.82) is 0 Å². The highest BCUT2D eigenvalue weighted by Crippen LogP contribution is 2.67. The first-order chi connectivity index (χ1) is 26.4. The highest BCUT2D eigenvalue weighted by atomic mass is 33.1. The molecular weight excluding hydrogens is 751 g/mol. The van der Waals surface area contributed by atoms with E-state index in [0.29, 0.717) is 54.9 Å². The first-order valence-corrected chi connectivity index (χ1v) is 25.1. The molecule has 0 aromatic heterocycles. The number of hydrogen-bond acceptors (Lipinski definition) is 6. The Kier molecular flexibility index (Phi) is 16.8. The lowest BCUT2D eigenvalue weighted by atomic mass is 9.47. The summed E-state index contributed by atoms with van der Waals surface area (Å²) in [5, 5.41) is 15.5. The van der Waals surface area contributed by atoms with Gasteiger partial charge in [-0.05, 0) is 165 Å². The second kappa shape index (κ2) is 19.9. The van der Waals surface area contributed by atoms with Crippen molar-refractivity contribution in [2.45, 2.75) is 201 Å². The van der Waals surface area contributed by atoms with Gasteiger partial charge in [0.15, 0.2) is 0 Å². The summed E-state index contributed by atoms with van der Waals surface area (Å²) in [6.45, 7) is 26.8. The molecule has 0 aromatic rings. The Balaban J connectivity index is 1.28. The molecule has 57 heavy (non-hydrogen) atoms. The van der Waals surface area contributed by atoms with Gasteiger partial charge in [-0.1, -0.05) is 87.1 Å². The molecule has 328 valence electrons. The summed E-state index contributed by atoms with van der Waals surface area (Å²) in [6.07, 6.45) is 18.5. The van der Waals surface area contributed by atoms with Gasteiger partial charge >= 0.3 is 12.2 Å². The summed E-state index contributed by atoms with van der Waals surface area (Å²) in [4.78, 5) is 39.4. The Bertz CT molecular complexity index is 1390. The minimum Gasteiger partial charge on any atom is -0.465 e. The maximum absolute atomic E-state index is 13.7. The van der Waals surface area contributed by atoms with Gasteiger partial charge in [-0.2, -0.15) is 0 Å². The van der Waals surface area contributed by atoms with Crippen LogP contribution in [-0.2, 0) is 9.53 Å². The SMILES string of the molecule is CC(C)CCC[C@@H](C)[C@H]1CC[C@H]2[C@@H]3CC=C4C[C@@H](SSCCC(=O)N(CCCC(C)(C)NC(=O)OC(C)(C)C)CCC(C)(C)NC(=O)O)CC[C@]4(C)[C@H]3CC[C@]12C. The van der Waals surface area contributed by atoms with Gasteiger partial charge in [-0.15, -0.1) is 0 Å². The molecule has 0 radical (unpaired) electrons. The van der Waals surface area contributed by atoms with Crippen LogP contribution in [0.4, 0.5) is 9.59 Å². The first kappa shape index (κ1) is 48.1. The number of ether oxygens (including phenoxy) is 1. The zero-order valence-electron chi connectivity index (χ0n) is 38.2. The highest BCUT2D eigenvalue weighted by Gasteiger charge is 2.59. The van der Waals surface area contributed by atoms with Crippen molar-refractivity contribution in [3.05, 3.63) is 11.6 Å². The number of nitrogens with zero attached hydrogens (tertiary/aromatic N) is 1. The van der Waals surface area contributed by atoms with Crippen molar-refractivity contribution < 1.29 is 24.2 Å². The summed E-state index contributed by atoms with van der Waals surface area (Å²) in [7, 11) is 3.84. The summed E-state index contributed by atoms with van der Waals surface area (Å²) in [5.74, 6) is 6.02. The van der Waals surface area contributed by atoms with Crippen molar-refractivity contribution in [3.63, 3.8) is 0 Å². The van der Waals surface area contributed by atoms with E-state index in [2.05, 4.69) is 51.3 Å². The minimum atomic E-state index is -1.06. The molecule has 0 bridgehead atoms. The van der Waals surface area contributed by atoms with E-state index >= 15 is 0 Å². The number of nitrogens with one attached hydrogen (secondary N) is 2. The van der Waals surface area contributed by atoms with Crippen LogP contribution in [0.5, 0.6) is 0 Å². The van der Waals surface area contributed by atoms with E-state index in [9.17, 15) is 19.5 Å². The molecule has 0 unspecified atom stereocenters. The molecule has 4 aliphatic rings. The largest absolute Gasteiger partial charge is 0.465 e. The van der Waals surface area contributed by atoms with Gasteiger partial charge in [0.25, 0.3) is 0 Å².